The van der Waals surface area contributed by atoms with Gasteiger partial charge < -0.3 is 14.8 Å². The van der Waals surface area contributed by atoms with Gasteiger partial charge in [-0.2, -0.15) is 0 Å². The molecule has 2 aromatic carbocycles. The van der Waals surface area contributed by atoms with E-state index in [2.05, 4.69) is 31.3 Å². The maximum atomic E-state index is 5.40. The van der Waals surface area contributed by atoms with Gasteiger partial charge in [0.05, 0.1) is 36.6 Å². The Morgan fingerprint density at radius 3 is 2.54 bits per heavy atom. The zero-order valence-corrected chi connectivity index (χ0v) is 14.9. The Bertz CT molecular complexity index is 821. The van der Waals surface area contributed by atoms with Crippen LogP contribution in [-0.2, 0) is 6.54 Å². The van der Waals surface area contributed by atoms with Crippen LogP contribution >= 0.6 is 15.9 Å². The van der Waals surface area contributed by atoms with Crippen LogP contribution < -0.4 is 14.8 Å². The summed E-state index contributed by atoms with van der Waals surface area (Å²) in [5, 5.41) is 7.76. The monoisotopic (exact) mass is 388 g/mol. The van der Waals surface area contributed by atoms with E-state index in [-0.39, 0.29) is 0 Å². The van der Waals surface area contributed by atoms with Crippen molar-refractivity contribution in [1.29, 1.82) is 0 Å². The molecule has 0 unspecified atom stereocenters. The second-order valence-corrected chi connectivity index (χ2v) is 5.84. The molecule has 1 aromatic heterocycles. The van der Waals surface area contributed by atoms with Crippen molar-refractivity contribution in [1.82, 2.24) is 14.8 Å². The van der Waals surface area contributed by atoms with Gasteiger partial charge >= 0.3 is 0 Å². The number of para-hydroxylation sites is 1. The molecule has 6 nitrogen and oxygen atoms in total. The van der Waals surface area contributed by atoms with E-state index in [0.717, 1.165) is 15.8 Å². The Morgan fingerprint density at radius 2 is 1.83 bits per heavy atom. The SMILES string of the molecule is COc1cc(OC)c(NCc2ncn(-c3ccccc3)n2)cc1Br. The molecule has 0 aliphatic rings. The van der Waals surface area contributed by atoms with Gasteiger partial charge in [-0.25, -0.2) is 9.67 Å². The minimum atomic E-state index is 0.481. The van der Waals surface area contributed by atoms with Crippen LogP contribution in [0.5, 0.6) is 11.5 Å². The van der Waals surface area contributed by atoms with E-state index in [1.165, 1.54) is 0 Å². The Labute approximate surface area is 148 Å². The summed E-state index contributed by atoms with van der Waals surface area (Å²) in [6.07, 6.45) is 1.70. The first-order chi connectivity index (χ1) is 11.7. The molecule has 0 amide bonds. The molecule has 1 heterocycles. The molecule has 0 saturated carbocycles. The van der Waals surface area contributed by atoms with Crippen LogP contribution in [0.15, 0.2) is 53.3 Å². The lowest BCUT2D eigenvalue weighted by Gasteiger charge is -2.13. The van der Waals surface area contributed by atoms with Gasteiger partial charge in [-0.05, 0) is 34.1 Å². The lowest BCUT2D eigenvalue weighted by Crippen LogP contribution is -2.04. The summed E-state index contributed by atoms with van der Waals surface area (Å²) >= 11 is 3.48. The molecular weight excluding hydrogens is 372 g/mol. The van der Waals surface area contributed by atoms with Crippen molar-refractivity contribution in [2.75, 3.05) is 19.5 Å². The van der Waals surface area contributed by atoms with Crippen LogP contribution in [0.1, 0.15) is 5.82 Å². The van der Waals surface area contributed by atoms with Gasteiger partial charge in [0.2, 0.25) is 0 Å². The second-order valence-electron chi connectivity index (χ2n) is 4.98. The topological polar surface area (TPSA) is 61.2 Å². The first-order valence-electron chi connectivity index (χ1n) is 7.32. The summed E-state index contributed by atoms with van der Waals surface area (Å²) in [5.74, 6) is 2.09. The lowest BCUT2D eigenvalue weighted by molar-refractivity contribution is 0.393. The molecule has 7 heteroatoms. The van der Waals surface area contributed by atoms with E-state index < -0.39 is 0 Å². The third-order valence-electron chi connectivity index (χ3n) is 3.47. The largest absolute Gasteiger partial charge is 0.495 e. The highest BCUT2D eigenvalue weighted by molar-refractivity contribution is 9.10. The number of nitrogens with one attached hydrogen (secondary N) is 1. The molecule has 124 valence electrons. The second kappa shape index (κ2) is 7.35. The predicted molar refractivity (Wildman–Crippen MR) is 95.9 cm³/mol. The maximum absolute atomic E-state index is 5.40. The van der Waals surface area contributed by atoms with Crippen LogP contribution in [0.3, 0.4) is 0 Å². The third-order valence-corrected chi connectivity index (χ3v) is 4.09. The zero-order chi connectivity index (χ0) is 16.9. The Balaban J connectivity index is 1.75. The van der Waals surface area contributed by atoms with Crippen molar-refractivity contribution in [3.05, 3.63) is 59.1 Å². The van der Waals surface area contributed by atoms with Crippen molar-refractivity contribution in [2.45, 2.75) is 6.54 Å². The minimum Gasteiger partial charge on any atom is -0.495 e. The summed E-state index contributed by atoms with van der Waals surface area (Å²) in [7, 11) is 3.24. The first kappa shape index (κ1) is 16.3. The molecule has 0 atom stereocenters. The number of hydrogen-bond acceptors (Lipinski definition) is 5. The molecule has 3 rings (SSSR count). The molecule has 24 heavy (non-hydrogen) atoms. The highest BCUT2D eigenvalue weighted by atomic mass is 79.9. The number of hydrogen-bond donors (Lipinski definition) is 1. The van der Waals surface area contributed by atoms with Crippen molar-refractivity contribution in [3.63, 3.8) is 0 Å². The maximum Gasteiger partial charge on any atom is 0.170 e. The number of rotatable bonds is 6. The molecule has 3 aromatic rings. The lowest BCUT2D eigenvalue weighted by atomic mass is 10.2. The molecule has 0 fully saturated rings. The van der Waals surface area contributed by atoms with Gasteiger partial charge in [-0.1, -0.05) is 18.2 Å². The molecule has 0 saturated heterocycles. The van der Waals surface area contributed by atoms with Crippen molar-refractivity contribution in [3.8, 4) is 17.2 Å². The van der Waals surface area contributed by atoms with E-state index in [0.29, 0.717) is 23.9 Å². The fourth-order valence-corrected chi connectivity index (χ4v) is 2.76. The smallest absolute Gasteiger partial charge is 0.170 e. The van der Waals surface area contributed by atoms with Crippen molar-refractivity contribution >= 4 is 21.6 Å². The average Bonchev–Trinajstić information content (AvgIpc) is 3.10. The Morgan fingerprint density at radius 1 is 1.08 bits per heavy atom. The van der Waals surface area contributed by atoms with Gasteiger partial charge in [-0.15, -0.1) is 5.10 Å². The van der Waals surface area contributed by atoms with E-state index in [1.807, 2.05) is 42.5 Å². The summed E-state index contributed by atoms with van der Waals surface area (Å²) in [4.78, 5) is 4.33. The van der Waals surface area contributed by atoms with Gasteiger partial charge in [-0.3, -0.25) is 0 Å². The normalized spacial score (nSPS) is 10.5. The molecule has 0 radical (unpaired) electrons. The van der Waals surface area contributed by atoms with Gasteiger partial charge in [0, 0.05) is 6.07 Å². The third kappa shape index (κ3) is 3.51. The van der Waals surface area contributed by atoms with Crippen LogP contribution in [0.2, 0.25) is 0 Å². The molecular formula is C17H17BrN4O2. The van der Waals surface area contributed by atoms with Crippen molar-refractivity contribution < 1.29 is 9.47 Å². The van der Waals surface area contributed by atoms with Gasteiger partial charge in [0.25, 0.3) is 0 Å². The number of aromatic nitrogens is 3. The molecule has 0 spiro atoms. The fraction of sp³-hybridized carbons (Fsp3) is 0.176. The summed E-state index contributed by atoms with van der Waals surface area (Å²) < 4.78 is 13.3. The fourth-order valence-electron chi connectivity index (χ4n) is 2.26. The number of methoxy groups -OCH3 is 2. The number of benzene rings is 2. The zero-order valence-electron chi connectivity index (χ0n) is 13.4. The van der Waals surface area contributed by atoms with Gasteiger partial charge in [0.15, 0.2) is 5.82 Å². The first-order valence-corrected chi connectivity index (χ1v) is 8.12. The standard InChI is InChI=1S/C17H17BrN4O2/c1-23-15-9-16(24-2)14(8-13(15)18)19-10-17-20-11-22(21-17)12-6-4-3-5-7-12/h3-9,11,19H,10H2,1-2H3. The molecule has 1 N–H and O–H groups in total. The Kier molecular flexibility index (Phi) is 5.00. The molecule has 0 bridgehead atoms. The average molecular weight is 389 g/mol. The van der Waals surface area contributed by atoms with E-state index in [1.54, 1.807) is 25.2 Å². The highest BCUT2D eigenvalue weighted by Gasteiger charge is 2.10. The quantitative estimate of drug-likeness (QED) is 0.697. The Hall–Kier alpha value is -2.54. The van der Waals surface area contributed by atoms with Crippen LogP contribution in [-0.4, -0.2) is 29.0 Å². The van der Waals surface area contributed by atoms with Crippen molar-refractivity contribution in [2.24, 2.45) is 0 Å². The molecule has 0 aliphatic heterocycles. The number of anilines is 1. The van der Waals surface area contributed by atoms with Gasteiger partial charge in [0.1, 0.15) is 17.8 Å². The number of ether oxygens (including phenoxy) is 2. The number of halogens is 1. The van der Waals surface area contributed by atoms with Crippen LogP contribution in [0.4, 0.5) is 5.69 Å². The molecule has 0 aliphatic carbocycles. The van der Waals surface area contributed by atoms with E-state index in [4.69, 9.17) is 9.47 Å². The minimum absolute atomic E-state index is 0.481. The summed E-state index contributed by atoms with van der Waals surface area (Å²) in [6, 6.07) is 13.6. The van der Waals surface area contributed by atoms with E-state index >= 15 is 0 Å². The summed E-state index contributed by atoms with van der Waals surface area (Å²) in [6.45, 7) is 0.481. The van der Waals surface area contributed by atoms with Crippen LogP contribution in [0, 0.1) is 0 Å². The summed E-state index contributed by atoms with van der Waals surface area (Å²) in [5.41, 5.74) is 1.81. The predicted octanol–water partition coefficient (Wildman–Crippen LogP) is 3.66. The van der Waals surface area contributed by atoms with E-state index in [9.17, 15) is 0 Å². The van der Waals surface area contributed by atoms with Crippen LogP contribution in [0.25, 0.3) is 5.69 Å². The number of nitrogens with zero attached hydrogens (tertiary/aromatic N) is 3. The highest BCUT2D eigenvalue weighted by Crippen LogP contribution is 2.36.